The lowest BCUT2D eigenvalue weighted by molar-refractivity contribution is -0.124. The van der Waals surface area contributed by atoms with Gasteiger partial charge in [0.25, 0.3) is 5.91 Å². The van der Waals surface area contributed by atoms with Crippen LogP contribution in [-0.2, 0) is 17.6 Å². The molecule has 0 aliphatic rings. The van der Waals surface area contributed by atoms with Crippen molar-refractivity contribution in [2.45, 2.75) is 12.8 Å². The lowest BCUT2D eigenvalue weighted by Gasteiger charge is -1.98. The van der Waals surface area contributed by atoms with Crippen molar-refractivity contribution in [1.29, 1.82) is 0 Å². The maximum Gasteiger partial charge on any atom is 0.267 e. The van der Waals surface area contributed by atoms with Gasteiger partial charge in [-0.05, 0) is 47.9 Å². The van der Waals surface area contributed by atoms with Crippen molar-refractivity contribution >= 4 is 23.0 Å². The van der Waals surface area contributed by atoms with Crippen molar-refractivity contribution < 1.29 is 14.4 Å². The van der Waals surface area contributed by atoms with Crippen LogP contribution in [0.25, 0.3) is 17.1 Å². The first-order chi connectivity index (χ1) is 11.6. The second-order valence-electron chi connectivity index (χ2n) is 5.40. The first kappa shape index (κ1) is 15.9. The highest BCUT2D eigenvalue weighted by Crippen LogP contribution is 2.16. The number of hydroxylamine groups is 1. The Labute approximate surface area is 137 Å². The number of benzene rings is 2. The predicted molar refractivity (Wildman–Crippen MR) is 88.9 cm³/mol. The van der Waals surface area contributed by atoms with Crippen LogP contribution < -0.4 is 5.48 Å². The number of rotatable bonds is 5. The summed E-state index contributed by atoms with van der Waals surface area (Å²) in [5, 5.41) is 8.47. The maximum absolute atomic E-state index is 12.9. The molecule has 24 heavy (non-hydrogen) atoms. The summed E-state index contributed by atoms with van der Waals surface area (Å²) in [6, 6.07) is 12.0. The molecule has 122 valence electrons. The number of amides is 1. The van der Waals surface area contributed by atoms with Gasteiger partial charge in [-0.3, -0.25) is 10.0 Å². The molecule has 0 radical (unpaired) electrons. The van der Waals surface area contributed by atoms with Crippen LogP contribution >= 0.6 is 0 Å². The molecule has 3 N–H and O–H groups in total. The van der Waals surface area contributed by atoms with Crippen LogP contribution in [-0.4, -0.2) is 21.1 Å². The molecule has 0 unspecified atom stereocenters. The SMILES string of the molecule is O=C(C=Cc1ccc2nc(CCc3ccc(F)cc3)[nH]c2c1)NO. The summed E-state index contributed by atoms with van der Waals surface area (Å²) < 4.78 is 12.9. The zero-order valence-corrected chi connectivity index (χ0v) is 12.8. The van der Waals surface area contributed by atoms with E-state index in [-0.39, 0.29) is 5.82 Å². The van der Waals surface area contributed by atoms with Crippen molar-refractivity contribution in [3.8, 4) is 0 Å². The number of carbonyl (C=O) groups is 1. The monoisotopic (exact) mass is 325 g/mol. The zero-order chi connectivity index (χ0) is 16.9. The molecule has 3 aromatic rings. The molecule has 1 heterocycles. The fourth-order valence-electron chi connectivity index (χ4n) is 2.43. The summed E-state index contributed by atoms with van der Waals surface area (Å²) in [7, 11) is 0. The molecule has 0 saturated carbocycles. The molecule has 5 nitrogen and oxygen atoms in total. The third-order valence-corrected chi connectivity index (χ3v) is 3.66. The summed E-state index contributed by atoms with van der Waals surface area (Å²) in [6.45, 7) is 0. The maximum atomic E-state index is 12.9. The van der Waals surface area contributed by atoms with Gasteiger partial charge < -0.3 is 4.98 Å². The lowest BCUT2D eigenvalue weighted by Crippen LogP contribution is -2.14. The van der Waals surface area contributed by atoms with E-state index in [2.05, 4.69) is 9.97 Å². The van der Waals surface area contributed by atoms with Gasteiger partial charge in [-0.25, -0.2) is 14.9 Å². The minimum absolute atomic E-state index is 0.238. The van der Waals surface area contributed by atoms with E-state index in [1.807, 2.05) is 18.2 Å². The Morgan fingerprint density at radius 1 is 1.21 bits per heavy atom. The van der Waals surface area contributed by atoms with Crippen molar-refractivity contribution in [3.63, 3.8) is 0 Å². The molecule has 0 aliphatic carbocycles. The van der Waals surface area contributed by atoms with Gasteiger partial charge in [-0.15, -0.1) is 0 Å². The zero-order valence-electron chi connectivity index (χ0n) is 12.8. The molecule has 1 aromatic heterocycles. The molecule has 6 heteroatoms. The third-order valence-electron chi connectivity index (χ3n) is 3.66. The van der Waals surface area contributed by atoms with E-state index in [0.29, 0.717) is 0 Å². The number of nitrogens with zero attached hydrogens (tertiary/aromatic N) is 1. The quantitative estimate of drug-likeness (QED) is 0.383. The van der Waals surface area contributed by atoms with E-state index in [1.165, 1.54) is 18.2 Å². The van der Waals surface area contributed by atoms with Crippen molar-refractivity contribution in [1.82, 2.24) is 15.4 Å². The van der Waals surface area contributed by atoms with E-state index in [0.717, 1.165) is 40.8 Å². The Balaban J connectivity index is 1.72. The highest BCUT2D eigenvalue weighted by Gasteiger charge is 2.04. The number of imidazole rings is 1. The molecule has 3 rings (SSSR count). The molecular formula is C18H16FN3O2. The number of nitrogens with one attached hydrogen (secondary N) is 2. The lowest BCUT2D eigenvalue weighted by atomic mass is 10.1. The molecule has 2 aromatic carbocycles. The van der Waals surface area contributed by atoms with Gasteiger partial charge in [0.2, 0.25) is 0 Å². The van der Waals surface area contributed by atoms with Crippen molar-refractivity contribution in [2.75, 3.05) is 0 Å². The van der Waals surface area contributed by atoms with Gasteiger partial charge in [-0.1, -0.05) is 18.2 Å². The first-order valence-corrected chi connectivity index (χ1v) is 7.49. The Kier molecular flexibility index (Phi) is 4.67. The summed E-state index contributed by atoms with van der Waals surface area (Å²) in [4.78, 5) is 18.8. The molecule has 0 aliphatic heterocycles. The number of H-pyrrole nitrogens is 1. The molecule has 0 fully saturated rings. The Morgan fingerprint density at radius 2 is 2.00 bits per heavy atom. The molecule has 0 atom stereocenters. The summed E-state index contributed by atoms with van der Waals surface area (Å²) in [5.74, 6) is 0.0289. The van der Waals surface area contributed by atoms with Gasteiger partial charge in [0.1, 0.15) is 11.6 Å². The first-order valence-electron chi connectivity index (χ1n) is 7.49. The average Bonchev–Trinajstić information content (AvgIpc) is 3.01. The minimum atomic E-state index is -0.584. The van der Waals surface area contributed by atoms with E-state index in [1.54, 1.807) is 23.7 Å². The van der Waals surface area contributed by atoms with Gasteiger partial charge in [0, 0.05) is 12.5 Å². The van der Waals surface area contributed by atoms with Crippen LogP contribution in [0.1, 0.15) is 17.0 Å². The Morgan fingerprint density at radius 3 is 2.75 bits per heavy atom. The molecule has 0 bridgehead atoms. The number of hydrogen-bond acceptors (Lipinski definition) is 3. The second kappa shape index (κ2) is 7.06. The van der Waals surface area contributed by atoms with Crippen molar-refractivity contribution in [2.24, 2.45) is 0 Å². The van der Waals surface area contributed by atoms with Crippen LogP contribution in [0.2, 0.25) is 0 Å². The van der Waals surface area contributed by atoms with Gasteiger partial charge in [0.15, 0.2) is 0 Å². The number of aromatic amines is 1. The fraction of sp³-hybridized carbons (Fsp3) is 0.111. The second-order valence-corrected chi connectivity index (χ2v) is 5.40. The van der Waals surface area contributed by atoms with Crippen LogP contribution in [0.4, 0.5) is 4.39 Å². The predicted octanol–water partition coefficient (Wildman–Crippen LogP) is 3.01. The largest absolute Gasteiger partial charge is 0.342 e. The molecule has 0 saturated heterocycles. The van der Waals surface area contributed by atoms with E-state index in [9.17, 15) is 9.18 Å². The van der Waals surface area contributed by atoms with E-state index in [4.69, 9.17) is 5.21 Å². The molecule has 0 spiro atoms. The Bertz CT molecular complexity index is 885. The highest BCUT2D eigenvalue weighted by atomic mass is 19.1. The smallest absolute Gasteiger partial charge is 0.267 e. The van der Waals surface area contributed by atoms with E-state index >= 15 is 0 Å². The number of aromatic nitrogens is 2. The average molecular weight is 325 g/mol. The molecule has 1 amide bonds. The summed E-state index contributed by atoms with van der Waals surface area (Å²) in [6.07, 6.45) is 4.33. The summed E-state index contributed by atoms with van der Waals surface area (Å²) >= 11 is 0. The number of halogens is 1. The van der Waals surface area contributed by atoms with Gasteiger partial charge in [0.05, 0.1) is 11.0 Å². The Hall–Kier alpha value is -2.99. The number of fused-ring (bicyclic) bond motifs is 1. The topological polar surface area (TPSA) is 78.0 Å². The number of carbonyl (C=O) groups excluding carboxylic acids is 1. The number of hydrogen-bond donors (Lipinski definition) is 3. The fourth-order valence-corrected chi connectivity index (χ4v) is 2.43. The molecular weight excluding hydrogens is 309 g/mol. The number of aryl methyl sites for hydroxylation is 2. The minimum Gasteiger partial charge on any atom is -0.342 e. The normalized spacial score (nSPS) is 11.2. The standard InChI is InChI=1S/C18H16FN3O2/c19-14-6-1-12(2-7-14)4-9-17-20-15-8-3-13(11-16(15)21-17)5-10-18(23)22-24/h1-3,5-8,10-11,24H,4,9H2,(H,20,21)(H,22,23). The van der Waals surface area contributed by atoms with Crippen molar-refractivity contribution in [3.05, 3.63) is 71.3 Å². The van der Waals surface area contributed by atoms with Gasteiger partial charge >= 0.3 is 0 Å². The van der Waals surface area contributed by atoms with Crippen LogP contribution in [0.3, 0.4) is 0 Å². The summed E-state index contributed by atoms with van der Waals surface area (Å²) in [5.41, 5.74) is 5.13. The van der Waals surface area contributed by atoms with Crippen LogP contribution in [0.15, 0.2) is 48.5 Å². The highest BCUT2D eigenvalue weighted by molar-refractivity contribution is 5.91. The van der Waals surface area contributed by atoms with Gasteiger partial charge in [-0.2, -0.15) is 0 Å². The van der Waals surface area contributed by atoms with Crippen LogP contribution in [0, 0.1) is 5.82 Å². The third kappa shape index (κ3) is 3.85. The van der Waals surface area contributed by atoms with E-state index < -0.39 is 5.91 Å². The van der Waals surface area contributed by atoms with Crippen LogP contribution in [0.5, 0.6) is 0 Å².